The van der Waals surface area contributed by atoms with Gasteiger partial charge >= 0.3 is 5.97 Å². The Morgan fingerprint density at radius 3 is 2.35 bits per heavy atom. The minimum Gasteiger partial charge on any atom is -0.465 e. The van der Waals surface area contributed by atoms with E-state index in [9.17, 15) is 9.59 Å². The number of halogens is 1. The minimum atomic E-state index is -0.399. The van der Waals surface area contributed by atoms with Crippen molar-refractivity contribution in [2.24, 2.45) is 0 Å². The average Bonchev–Trinajstić information content (AvgIpc) is 2.49. The summed E-state index contributed by atoms with van der Waals surface area (Å²) in [6, 6.07) is 13.9. The van der Waals surface area contributed by atoms with Gasteiger partial charge in [-0.3, -0.25) is 4.79 Å². The van der Waals surface area contributed by atoms with Crippen LogP contribution in [-0.4, -0.2) is 19.0 Å². The first kappa shape index (κ1) is 14.5. The van der Waals surface area contributed by atoms with Crippen molar-refractivity contribution in [1.29, 1.82) is 0 Å². The number of esters is 1. The molecule has 2 rings (SSSR count). The van der Waals surface area contributed by atoms with Crippen LogP contribution in [0.4, 0.5) is 5.69 Å². The number of benzene rings is 2. The lowest BCUT2D eigenvalue weighted by atomic mass is 10.2. The van der Waals surface area contributed by atoms with E-state index in [4.69, 9.17) is 0 Å². The Kier molecular flexibility index (Phi) is 4.73. The predicted octanol–water partition coefficient (Wildman–Crippen LogP) is 3.33. The highest BCUT2D eigenvalue weighted by Gasteiger charge is 2.11. The van der Waals surface area contributed by atoms with E-state index in [1.807, 2.05) is 6.07 Å². The van der Waals surface area contributed by atoms with Crippen molar-refractivity contribution in [2.75, 3.05) is 12.4 Å². The molecule has 5 heteroatoms. The van der Waals surface area contributed by atoms with Crippen LogP contribution in [0.25, 0.3) is 0 Å². The van der Waals surface area contributed by atoms with Crippen molar-refractivity contribution in [1.82, 2.24) is 0 Å². The quantitative estimate of drug-likeness (QED) is 0.656. The zero-order chi connectivity index (χ0) is 14.5. The number of carbonyl (C=O) groups is 2. The summed E-state index contributed by atoms with van der Waals surface area (Å²) in [5.74, 6) is -0.585. The van der Waals surface area contributed by atoms with E-state index in [-0.39, 0.29) is 5.91 Å². The SMILES string of the molecule is COC(=O)c1ccc(NC(=O)c2ccccc2)c(I)c1. The number of hydrogen-bond acceptors (Lipinski definition) is 3. The topological polar surface area (TPSA) is 55.4 Å². The Hall–Kier alpha value is -1.89. The molecule has 1 N–H and O–H groups in total. The fourth-order valence-corrected chi connectivity index (χ4v) is 2.30. The molecule has 0 heterocycles. The average molecular weight is 381 g/mol. The molecule has 0 saturated heterocycles. The first-order valence-electron chi connectivity index (χ1n) is 5.86. The van der Waals surface area contributed by atoms with E-state index in [1.54, 1.807) is 42.5 Å². The van der Waals surface area contributed by atoms with Gasteiger partial charge in [-0.15, -0.1) is 0 Å². The third-order valence-electron chi connectivity index (χ3n) is 2.67. The zero-order valence-corrected chi connectivity index (χ0v) is 12.9. The van der Waals surface area contributed by atoms with Crippen molar-refractivity contribution in [3.05, 3.63) is 63.2 Å². The van der Waals surface area contributed by atoms with Crippen molar-refractivity contribution in [2.45, 2.75) is 0 Å². The highest BCUT2D eigenvalue weighted by atomic mass is 127. The van der Waals surface area contributed by atoms with Crippen molar-refractivity contribution in [3.8, 4) is 0 Å². The van der Waals surface area contributed by atoms with E-state index in [2.05, 4.69) is 32.6 Å². The van der Waals surface area contributed by atoms with Crippen LogP contribution in [0.2, 0.25) is 0 Å². The summed E-state index contributed by atoms with van der Waals surface area (Å²) in [5, 5.41) is 2.81. The van der Waals surface area contributed by atoms with Gasteiger partial charge in [0, 0.05) is 9.13 Å². The van der Waals surface area contributed by atoms with Gasteiger partial charge in [0.05, 0.1) is 18.4 Å². The fourth-order valence-electron chi connectivity index (χ4n) is 1.65. The first-order valence-corrected chi connectivity index (χ1v) is 6.94. The number of hydrogen-bond donors (Lipinski definition) is 1. The predicted molar refractivity (Wildman–Crippen MR) is 84.9 cm³/mol. The molecule has 0 spiro atoms. The van der Waals surface area contributed by atoms with Crippen LogP contribution in [0.5, 0.6) is 0 Å². The van der Waals surface area contributed by atoms with Crippen LogP contribution in [0.15, 0.2) is 48.5 Å². The summed E-state index contributed by atoms with van der Waals surface area (Å²) in [7, 11) is 1.33. The van der Waals surface area contributed by atoms with Crippen molar-refractivity contribution < 1.29 is 14.3 Å². The fraction of sp³-hybridized carbons (Fsp3) is 0.0667. The molecule has 0 aliphatic heterocycles. The van der Waals surface area contributed by atoms with Crippen LogP contribution in [0.1, 0.15) is 20.7 Å². The summed E-state index contributed by atoms with van der Waals surface area (Å²) in [5.41, 5.74) is 1.70. The van der Waals surface area contributed by atoms with Gasteiger partial charge in [0.15, 0.2) is 0 Å². The standard InChI is InChI=1S/C15H12INO3/c1-20-15(19)11-7-8-13(12(16)9-11)17-14(18)10-5-3-2-4-6-10/h2-9H,1H3,(H,17,18). The number of carbonyl (C=O) groups excluding carboxylic acids is 2. The molecule has 2 aromatic rings. The van der Waals surface area contributed by atoms with Gasteiger partial charge in [0.25, 0.3) is 5.91 Å². The Bertz CT molecular complexity index is 641. The molecule has 0 radical (unpaired) electrons. The third-order valence-corrected chi connectivity index (χ3v) is 3.57. The Balaban J connectivity index is 2.18. The molecule has 0 saturated carbocycles. The summed E-state index contributed by atoms with van der Waals surface area (Å²) in [6.07, 6.45) is 0. The number of nitrogens with one attached hydrogen (secondary N) is 1. The van der Waals surface area contributed by atoms with Gasteiger partial charge < -0.3 is 10.1 Å². The molecule has 2 aromatic carbocycles. The summed E-state index contributed by atoms with van der Waals surface area (Å²) in [4.78, 5) is 23.4. The van der Waals surface area contributed by atoms with Gasteiger partial charge in [0.1, 0.15) is 0 Å². The zero-order valence-electron chi connectivity index (χ0n) is 10.7. The van der Waals surface area contributed by atoms with E-state index in [0.717, 1.165) is 3.57 Å². The van der Waals surface area contributed by atoms with E-state index in [0.29, 0.717) is 16.8 Å². The number of methoxy groups -OCH3 is 1. The monoisotopic (exact) mass is 381 g/mol. The van der Waals surface area contributed by atoms with E-state index >= 15 is 0 Å². The summed E-state index contributed by atoms with van der Waals surface area (Å²) >= 11 is 2.07. The summed E-state index contributed by atoms with van der Waals surface area (Å²) in [6.45, 7) is 0. The molecule has 20 heavy (non-hydrogen) atoms. The normalized spacial score (nSPS) is 9.90. The van der Waals surface area contributed by atoms with Gasteiger partial charge in [-0.2, -0.15) is 0 Å². The van der Waals surface area contributed by atoms with Crippen LogP contribution >= 0.6 is 22.6 Å². The second-order valence-electron chi connectivity index (χ2n) is 4.01. The number of ether oxygens (including phenoxy) is 1. The maximum absolute atomic E-state index is 12.0. The molecule has 102 valence electrons. The van der Waals surface area contributed by atoms with Crippen molar-refractivity contribution in [3.63, 3.8) is 0 Å². The smallest absolute Gasteiger partial charge is 0.337 e. The molecule has 0 atom stereocenters. The third kappa shape index (κ3) is 3.36. The Labute approximate surface area is 130 Å². The molecular formula is C15H12INO3. The van der Waals surface area contributed by atoms with Crippen LogP contribution < -0.4 is 5.32 Å². The molecule has 4 nitrogen and oxygen atoms in total. The van der Waals surface area contributed by atoms with Gasteiger partial charge in [0.2, 0.25) is 0 Å². The maximum Gasteiger partial charge on any atom is 0.337 e. The molecule has 0 fully saturated rings. The summed E-state index contributed by atoms with van der Waals surface area (Å²) < 4.78 is 5.42. The second-order valence-corrected chi connectivity index (χ2v) is 5.17. The lowest BCUT2D eigenvalue weighted by Gasteiger charge is -2.08. The number of anilines is 1. The number of amides is 1. The minimum absolute atomic E-state index is 0.186. The van der Waals surface area contributed by atoms with E-state index in [1.165, 1.54) is 7.11 Å². The van der Waals surface area contributed by atoms with Crippen LogP contribution in [0, 0.1) is 3.57 Å². The molecule has 0 aliphatic carbocycles. The highest BCUT2D eigenvalue weighted by molar-refractivity contribution is 14.1. The van der Waals surface area contributed by atoms with Crippen molar-refractivity contribution >= 4 is 40.2 Å². The van der Waals surface area contributed by atoms with Gasteiger partial charge in [-0.1, -0.05) is 18.2 Å². The lowest BCUT2D eigenvalue weighted by Crippen LogP contribution is -2.13. The highest BCUT2D eigenvalue weighted by Crippen LogP contribution is 2.21. The second kappa shape index (κ2) is 6.51. The van der Waals surface area contributed by atoms with E-state index < -0.39 is 5.97 Å². The molecule has 0 bridgehead atoms. The van der Waals surface area contributed by atoms with Gasteiger partial charge in [-0.05, 0) is 52.9 Å². The maximum atomic E-state index is 12.0. The molecule has 1 amide bonds. The number of rotatable bonds is 3. The molecule has 0 aromatic heterocycles. The molecule has 0 aliphatic rings. The Morgan fingerprint density at radius 2 is 1.75 bits per heavy atom. The first-order chi connectivity index (χ1) is 9.61. The Morgan fingerprint density at radius 1 is 1.05 bits per heavy atom. The van der Waals surface area contributed by atoms with Crippen LogP contribution in [-0.2, 0) is 4.74 Å². The molecular weight excluding hydrogens is 369 g/mol. The largest absolute Gasteiger partial charge is 0.465 e. The van der Waals surface area contributed by atoms with Crippen LogP contribution in [0.3, 0.4) is 0 Å². The lowest BCUT2D eigenvalue weighted by molar-refractivity contribution is 0.0600. The van der Waals surface area contributed by atoms with Gasteiger partial charge in [-0.25, -0.2) is 4.79 Å². The molecule has 0 unspecified atom stereocenters.